The largest absolute Gasteiger partial charge is 0.492 e. The van der Waals surface area contributed by atoms with E-state index in [1.807, 2.05) is 28.7 Å². The number of hydrogen-bond donors (Lipinski definition) is 0. The molecule has 0 fully saturated rings. The zero-order valence-corrected chi connectivity index (χ0v) is 10.9. The predicted molar refractivity (Wildman–Crippen MR) is 64.5 cm³/mol. The van der Waals surface area contributed by atoms with Gasteiger partial charge in [-0.25, -0.2) is 0 Å². The first-order chi connectivity index (χ1) is 7.95. The van der Waals surface area contributed by atoms with Crippen molar-refractivity contribution in [3.8, 4) is 11.8 Å². The van der Waals surface area contributed by atoms with Crippen molar-refractivity contribution in [2.75, 3.05) is 6.61 Å². The van der Waals surface area contributed by atoms with Crippen molar-refractivity contribution >= 4 is 22.6 Å². The third-order valence-electron chi connectivity index (χ3n) is 1.95. The average molecular weight is 355 g/mol. The van der Waals surface area contributed by atoms with Gasteiger partial charge in [0, 0.05) is 6.42 Å². The highest BCUT2D eigenvalue weighted by molar-refractivity contribution is 14.1. The lowest BCUT2D eigenvalue weighted by Crippen LogP contribution is -2.06. The Bertz CT molecular complexity index is 426. The van der Waals surface area contributed by atoms with E-state index in [2.05, 4.69) is 0 Å². The zero-order chi connectivity index (χ0) is 12.9. The molecule has 0 heterocycles. The summed E-state index contributed by atoms with van der Waals surface area (Å²) in [5.41, 5.74) is -0.729. The maximum atomic E-state index is 12.4. The summed E-state index contributed by atoms with van der Waals surface area (Å²) >= 11 is 1.91. The lowest BCUT2D eigenvalue weighted by atomic mass is 10.2. The smallest absolute Gasteiger partial charge is 0.416 e. The summed E-state index contributed by atoms with van der Waals surface area (Å²) in [6.45, 7) is 0.241. The van der Waals surface area contributed by atoms with Gasteiger partial charge in [-0.15, -0.1) is 0 Å². The van der Waals surface area contributed by atoms with Crippen molar-refractivity contribution in [2.45, 2.75) is 19.0 Å². The van der Waals surface area contributed by atoms with Crippen molar-refractivity contribution in [1.82, 2.24) is 0 Å². The molecule has 0 unspecified atom stereocenters. The summed E-state index contributed by atoms with van der Waals surface area (Å²) in [6.07, 6.45) is -3.53. The maximum absolute atomic E-state index is 12.4. The molecule has 0 spiro atoms. The van der Waals surface area contributed by atoms with Crippen molar-refractivity contribution < 1.29 is 17.9 Å². The molecule has 0 amide bonds. The van der Waals surface area contributed by atoms with Gasteiger partial charge in [0.2, 0.25) is 0 Å². The normalized spacial score (nSPS) is 11.0. The van der Waals surface area contributed by atoms with E-state index in [-0.39, 0.29) is 12.4 Å². The van der Waals surface area contributed by atoms with E-state index in [1.54, 1.807) is 0 Å². The Balaban J connectivity index is 2.74. The van der Waals surface area contributed by atoms with Crippen molar-refractivity contribution in [1.29, 1.82) is 5.26 Å². The predicted octanol–water partition coefficient (Wildman–Crippen LogP) is 3.99. The molecule has 92 valence electrons. The molecule has 0 aromatic heterocycles. The van der Waals surface area contributed by atoms with E-state index in [0.717, 1.165) is 12.1 Å². The zero-order valence-electron chi connectivity index (χ0n) is 8.72. The van der Waals surface area contributed by atoms with Gasteiger partial charge < -0.3 is 4.74 Å². The van der Waals surface area contributed by atoms with E-state index >= 15 is 0 Å². The molecule has 0 saturated heterocycles. The molecule has 0 bridgehead atoms. The van der Waals surface area contributed by atoms with E-state index in [0.29, 0.717) is 16.4 Å². The Morgan fingerprint density at radius 1 is 1.35 bits per heavy atom. The first kappa shape index (κ1) is 14.1. The summed E-state index contributed by atoms with van der Waals surface area (Å²) in [6, 6.07) is 5.30. The summed E-state index contributed by atoms with van der Waals surface area (Å²) < 4.78 is 43.2. The number of halogens is 4. The maximum Gasteiger partial charge on any atom is 0.416 e. The minimum absolute atomic E-state index is 0.207. The summed E-state index contributed by atoms with van der Waals surface area (Å²) in [7, 11) is 0. The molecule has 0 aliphatic rings. The van der Waals surface area contributed by atoms with Gasteiger partial charge in [-0.3, -0.25) is 0 Å². The van der Waals surface area contributed by atoms with Crippen LogP contribution >= 0.6 is 22.6 Å². The number of nitriles is 1. The van der Waals surface area contributed by atoms with E-state index in [1.165, 1.54) is 6.07 Å². The third kappa shape index (κ3) is 4.42. The third-order valence-corrected chi connectivity index (χ3v) is 2.84. The minimum Gasteiger partial charge on any atom is -0.492 e. The molecule has 0 atom stereocenters. The Labute approximate surface area is 111 Å². The molecule has 2 nitrogen and oxygen atoms in total. The van der Waals surface area contributed by atoms with Crippen LogP contribution in [-0.4, -0.2) is 6.61 Å². The molecule has 0 aliphatic heterocycles. The monoisotopic (exact) mass is 355 g/mol. The number of hydrogen-bond acceptors (Lipinski definition) is 2. The van der Waals surface area contributed by atoms with Gasteiger partial charge in [-0.2, -0.15) is 18.4 Å². The fourth-order valence-corrected chi connectivity index (χ4v) is 1.61. The molecule has 6 heteroatoms. The number of nitrogens with zero attached hydrogens (tertiary/aromatic N) is 1. The van der Waals surface area contributed by atoms with Crippen molar-refractivity contribution in [3.63, 3.8) is 0 Å². The van der Waals surface area contributed by atoms with Crippen LogP contribution in [-0.2, 0) is 6.18 Å². The van der Waals surface area contributed by atoms with Gasteiger partial charge in [-0.1, -0.05) is 0 Å². The van der Waals surface area contributed by atoms with Gasteiger partial charge in [0.25, 0.3) is 0 Å². The van der Waals surface area contributed by atoms with E-state index in [4.69, 9.17) is 10.00 Å². The number of benzene rings is 1. The second kappa shape index (κ2) is 6.10. The topological polar surface area (TPSA) is 33.0 Å². The van der Waals surface area contributed by atoms with Gasteiger partial charge >= 0.3 is 6.18 Å². The summed E-state index contributed by atoms with van der Waals surface area (Å²) in [5.74, 6) is 0.207. The van der Waals surface area contributed by atoms with Crippen LogP contribution in [0.15, 0.2) is 18.2 Å². The summed E-state index contributed by atoms with van der Waals surface area (Å²) in [4.78, 5) is 0. The standard InChI is InChI=1S/C11H9F3INO/c12-11(13,14)8-3-4-9(15)10(7-8)17-6-2-1-5-16/h3-4,7H,1-2,6H2. The molecule has 0 radical (unpaired) electrons. The van der Waals surface area contributed by atoms with E-state index < -0.39 is 11.7 Å². The Hall–Kier alpha value is -0.970. The molecule has 0 saturated carbocycles. The van der Waals surface area contributed by atoms with Crippen LogP contribution in [0, 0.1) is 14.9 Å². The van der Waals surface area contributed by atoms with Gasteiger partial charge in [0.05, 0.1) is 21.8 Å². The van der Waals surface area contributed by atoms with Crippen molar-refractivity contribution in [2.24, 2.45) is 0 Å². The Morgan fingerprint density at radius 3 is 2.65 bits per heavy atom. The fourth-order valence-electron chi connectivity index (χ4n) is 1.12. The molecule has 1 aromatic carbocycles. The molecule has 17 heavy (non-hydrogen) atoms. The van der Waals surface area contributed by atoms with Crippen LogP contribution in [0.5, 0.6) is 5.75 Å². The van der Waals surface area contributed by atoms with Crippen LogP contribution in [0.4, 0.5) is 13.2 Å². The lowest BCUT2D eigenvalue weighted by Gasteiger charge is -2.11. The second-order valence-electron chi connectivity index (χ2n) is 3.25. The highest BCUT2D eigenvalue weighted by Crippen LogP contribution is 2.33. The molecule has 0 N–H and O–H groups in total. The molecular weight excluding hydrogens is 346 g/mol. The first-order valence-electron chi connectivity index (χ1n) is 4.81. The SMILES string of the molecule is N#CCCCOc1cc(C(F)(F)F)ccc1I. The molecule has 0 aliphatic carbocycles. The minimum atomic E-state index is -4.37. The van der Waals surface area contributed by atoms with Gasteiger partial charge in [0.1, 0.15) is 5.75 Å². The lowest BCUT2D eigenvalue weighted by molar-refractivity contribution is -0.137. The Morgan fingerprint density at radius 2 is 2.06 bits per heavy atom. The van der Waals surface area contributed by atoms with E-state index in [9.17, 15) is 13.2 Å². The average Bonchev–Trinajstić information content (AvgIpc) is 2.25. The fraction of sp³-hybridized carbons (Fsp3) is 0.364. The van der Waals surface area contributed by atoms with Crippen LogP contribution in [0.3, 0.4) is 0 Å². The second-order valence-corrected chi connectivity index (χ2v) is 4.42. The molecule has 1 aromatic rings. The molecular formula is C11H9F3INO. The Kier molecular flexibility index (Phi) is 5.05. The number of unbranched alkanes of at least 4 members (excludes halogenated alkanes) is 1. The van der Waals surface area contributed by atoms with Crippen LogP contribution in [0.1, 0.15) is 18.4 Å². The van der Waals surface area contributed by atoms with Crippen LogP contribution in [0.25, 0.3) is 0 Å². The number of alkyl halides is 3. The van der Waals surface area contributed by atoms with Crippen molar-refractivity contribution in [3.05, 3.63) is 27.3 Å². The number of ether oxygens (including phenoxy) is 1. The van der Waals surface area contributed by atoms with Crippen LogP contribution in [0.2, 0.25) is 0 Å². The highest BCUT2D eigenvalue weighted by Gasteiger charge is 2.31. The summed E-state index contributed by atoms with van der Waals surface area (Å²) in [5, 5.41) is 8.31. The first-order valence-corrected chi connectivity index (χ1v) is 5.89. The van der Waals surface area contributed by atoms with Gasteiger partial charge in [0.15, 0.2) is 0 Å². The van der Waals surface area contributed by atoms with Gasteiger partial charge in [-0.05, 0) is 47.2 Å². The quantitative estimate of drug-likeness (QED) is 0.604. The highest BCUT2D eigenvalue weighted by atomic mass is 127. The molecule has 1 rings (SSSR count). The number of rotatable bonds is 4. The van der Waals surface area contributed by atoms with Crippen LogP contribution < -0.4 is 4.74 Å².